The maximum atomic E-state index is 8.64. The third-order valence-corrected chi connectivity index (χ3v) is 0. The van der Waals surface area contributed by atoms with Crippen molar-refractivity contribution in [3.05, 3.63) is 0 Å². The van der Waals surface area contributed by atoms with Gasteiger partial charge in [0.05, 0.1) is 0 Å². The van der Waals surface area contributed by atoms with E-state index < -0.39 is 63.1 Å². The van der Waals surface area contributed by atoms with Gasteiger partial charge >= 0.3 is 141 Å². The summed E-state index contributed by atoms with van der Waals surface area (Å²) in [4.78, 5) is 0. The molecule has 0 atom stereocenters. The summed E-state index contributed by atoms with van der Waals surface area (Å²) in [5.74, 6) is 0. The van der Waals surface area contributed by atoms with Crippen molar-refractivity contribution in [1.29, 1.82) is 0 Å². The van der Waals surface area contributed by atoms with E-state index in [1.165, 1.54) is 0 Å². The van der Waals surface area contributed by atoms with Gasteiger partial charge in [-0.2, -0.15) is 0 Å². The zero-order valence-corrected chi connectivity index (χ0v) is 21.3. The first-order chi connectivity index (χ1) is 8.00. The van der Waals surface area contributed by atoms with E-state index in [1.54, 1.807) is 0 Å². The molecule has 0 saturated heterocycles. The molecule has 0 heterocycles. The Morgan fingerprint density at radius 2 is 0.333 bits per heavy atom. The van der Waals surface area contributed by atoms with Crippen LogP contribution in [0.4, 0.5) is 0 Å². The Hall–Kier alpha value is 0.778. The molecule has 0 fully saturated rings. The van der Waals surface area contributed by atoms with Crippen molar-refractivity contribution in [3.63, 3.8) is 0 Å². The van der Waals surface area contributed by atoms with E-state index in [9.17, 15) is 0 Å². The van der Waals surface area contributed by atoms with Crippen molar-refractivity contribution in [1.82, 2.24) is 0 Å². The van der Waals surface area contributed by atoms with Gasteiger partial charge in [-0.1, -0.05) is 0 Å². The Morgan fingerprint density at radius 3 is 0.333 bits per heavy atom. The molecule has 0 saturated carbocycles. The molecule has 0 N–H and O–H groups in total. The monoisotopic (exact) mass is 1100 g/mol. The van der Waals surface area contributed by atoms with Crippen molar-refractivity contribution in [2.45, 2.75) is 0 Å². The molecule has 0 aromatic rings. The van der Waals surface area contributed by atoms with E-state index in [0.29, 0.717) is 0 Å². The van der Waals surface area contributed by atoms with Gasteiger partial charge in [-0.15, -0.1) is 0 Å². The predicted molar refractivity (Wildman–Crippen MR) is 8.24 cm³/mol. The average molecular weight is 1100 g/mol. The second kappa shape index (κ2) is 13.2. The molecule has 0 aliphatic rings. The molecule has 0 rings (SSSR count). The van der Waals surface area contributed by atoms with Gasteiger partial charge < -0.3 is 0 Å². The fourth-order valence-corrected chi connectivity index (χ4v) is 0. The maximum absolute atomic E-state index is 8.64. The van der Waals surface area contributed by atoms with Crippen LogP contribution in [0.2, 0.25) is 0 Å². The van der Waals surface area contributed by atoms with Crippen LogP contribution < -0.4 is 15.3 Å². The van der Waals surface area contributed by atoms with Crippen molar-refractivity contribution in [2.75, 3.05) is 0 Å². The Bertz CT molecular complexity index is 673. The van der Waals surface area contributed by atoms with Crippen molar-refractivity contribution < 1.29 is 141 Å². The standard InChI is InChI=1S/Mo.16O.4Re/q+4;;;;;;;;;;;;;4*-1;;;;. The normalized spacial score (nSPS) is 10.9. The van der Waals surface area contributed by atoms with Gasteiger partial charge in [0.1, 0.15) is 0 Å². The van der Waals surface area contributed by atoms with Crippen LogP contribution in [0.1, 0.15) is 0 Å². The molecule has 21 heteroatoms. The van der Waals surface area contributed by atoms with Crippen LogP contribution >= 0.6 is 0 Å². The molecule has 21 heavy (non-hydrogen) atoms. The van der Waals surface area contributed by atoms with Crippen LogP contribution in [0.5, 0.6) is 0 Å². The Labute approximate surface area is 139 Å². The zero-order chi connectivity index (χ0) is 18.0. The first kappa shape index (κ1) is 33.4. The molecule has 0 aliphatic heterocycles. The van der Waals surface area contributed by atoms with E-state index in [2.05, 4.69) is 0 Å². The topological polar surface area (TPSA) is 297 Å². The van der Waals surface area contributed by atoms with E-state index >= 15 is 0 Å². The molecule has 16 nitrogen and oxygen atoms in total. The molecule has 0 radical (unpaired) electrons. The first-order valence-corrected chi connectivity index (χ1v) is 20.2. The van der Waals surface area contributed by atoms with Gasteiger partial charge in [0.2, 0.25) is 0 Å². The predicted octanol–water partition coefficient (Wildman–Crippen LogP) is -6.19. The first-order valence-electron chi connectivity index (χ1n) is 2.47. The Kier molecular flexibility index (Phi) is 21.1. The van der Waals surface area contributed by atoms with Gasteiger partial charge in [0, 0.05) is 0 Å². The molecule has 130 valence electrons. The molecule has 0 aromatic heterocycles. The molecule has 0 amide bonds. The van der Waals surface area contributed by atoms with E-state index in [4.69, 9.17) is 56.9 Å². The van der Waals surface area contributed by atoms with Crippen molar-refractivity contribution in [2.24, 2.45) is 0 Å². The van der Waals surface area contributed by atoms with Gasteiger partial charge in [0.25, 0.3) is 0 Å². The number of rotatable bonds is 0. The quantitative estimate of drug-likeness (QED) is 0.204. The summed E-state index contributed by atoms with van der Waals surface area (Å²) in [7, 11) is 0. The fourth-order valence-electron chi connectivity index (χ4n) is 0. The molecule has 0 aliphatic carbocycles. The molecule has 0 unspecified atom stereocenters. The third-order valence-electron chi connectivity index (χ3n) is 0. The van der Waals surface area contributed by atoms with Crippen LogP contribution in [0.15, 0.2) is 0 Å². The van der Waals surface area contributed by atoms with Crippen molar-refractivity contribution in [3.8, 4) is 0 Å². The van der Waals surface area contributed by atoms with Gasteiger partial charge in [-0.3, -0.25) is 0 Å². The summed E-state index contributed by atoms with van der Waals surface area (Å²) in [6, 6.07) is 0. The van der Waals surface area contributed by atoms with Gasteiger partial charge in [-0.05, 0) is 0 Å². The van der Waals surface area contributed by atoms with Crippen LogP contribution in [0.25, 0.3) is 0 Å². The second-order valence-electron chi connectivity index (χ2n) is 1.51. The van der Waals surface area contributed by atoms with Crippen molar-refractivity contribution >= 4 is 0 Å². The van der Waals surface area contributed by atoms with E-state index in [1.807, 2.05) is 0 Å². The van der Waals surface area contributed by atoms with E-state index in [0.717, 1.165) is 0 Å². The Morgan fingerprint density at radius 1 is 0.333 bits per heavy atom. The number of hydrogen-bond donors (Lipinski definition) is 0. The minimum atomic E-state index is -6.11. The fraction of sp³-hybridized carbons (Fsp3) is 0. The summed E-state index contributed by atoms with van der Waals surface area (Å²) >= 11 is -24.4. The molecule has 0 bridgehead atoms. The van der Waals surface area contributed by atoms with E-state index in [-0.39, 0.29) is 21.1 Å². The summed E-state index contributed by atoms with van der Waals surface area (Å²) in [6.07, 6.45) is 0. The van der Waals surface area contributed by atoms with Crippen LogP contribution in [-0.2, 0) is 126 Å². The van der Waals surface area contributed by atoms with Gasteiger partial charge in [0.15, 0.2) is 0 Å². The summed E-state index contributed by atoms with van der Waals surface area (Å²) in [5.41, 5.74) is 0. The van der Waals surface area contributed by atoms with Crippen LogP contribution in [0, 0.1) is 0 Å². The third kappa shape index (κ3) is 12100. The molecular weight excluding hydrogens is 1100 g/mol. The summed E-state index contributed by atoms with van der Waals surface area (Å²) in [6.45, 7) is 0. The molecule has 0 spiro atoms. The minimum absolute atomic E-state index is 0. The summed E-state index contributed by atoms with van der Waals surface area (Å²) in [5, 5.41) is 0. The second-order valence-corrected chi connectivity index (χ2v) is 12.4. The zero-order valence-electron chi connectivity index (χ0n) is 8.45. The van der Waals surface area contributed by atoms with Gasteiger partial charge in [-0.25, -0.2) is 0 Å². The molecule has 0 aromatic carbocycles. The number of hydrogen-bond acceptors (Lipinski definition) is 16. The summed E-state index contributed by atoms with van der Waals surface area (Å²) < 4.78 is 138. The SMILES string of the molecule is [Mo+4].[O]=[Re](=[O])(=[O])[O-].[O]=[Re](=[O])(=[O])[O-].[O]=[Re](=[O])(=[O])[O-].[O]=[Re](=[O])(=[O])[O-]. The van der Waals surface area contributed by atoms with Crippen LogP contribution in [-0.4, -0.2) is 0 Å². The Balaban J connectivity index is -0.0000000533. The molecular formula is MoO16Re4. The van der Waals surface area contributed by atoms with Crippen LogP contribution in [0.3, 0.4) is 0 Å². The average Bonchev–Trinajstić information content (AvgIpc) is 1.62.